The van der Waals surface area contributed by atoms with Gasteiger partial charge >= 0.3 is 0 Å². The van der Waals surface area contributed by atoms with Gasteiger partial charge in [-0.25, -0.2) is 13.1 Å². The summed E-state index contributed by atoms with van der Waals surface area (Å²) in [5.74, 6) is 0. The lowest BCUT2D eigenvalue weighted by Gasteiger charge is -2.23. The molecule has 1 rings (SSSR count). The van der Waals surface area contributed by atoms with Crippen molar-refractivity contribution in [2.24, 2.45) is 0 Å². The molecule has 2 N–H and O–H groups in total. The van der Waals surface area contributed by atoms with E-state index < -0.39 is 32.0 Å². The molecule has 0 radical (unpaired) electrons. The molecule has 19 heavy (non-hydrogen) atoms. The average Bonchev–Trinajstić information content (AvgIpc) is 2.27. The minimum absolute atomic E-state index is 0.133. The van der Waals surface area contributed by atoms with Gasteiger partial charge < -0.3 is 5.11 Å². The lowest BCUT2D eigenvalue weighted by Crippen LogP contribution is -2.46. The fourth-order valence-corrected chi connectivity index (χ4v) is 3.19. The Morgan fingerprint density at radius 1 is 1.47 bits per heavy atom. The summed E-state index contributed by atoms with van der Waals surface area (Å²) in [5.41, 5.74) is -1.49. The highest BCUT2D eigenvalue weighted by Gasteiger charge is 2.28. The molecule has 0 bridgehead atoms. The molecule has 0 saturated carbocycles. The first-order valence-electron chi connectivity index (χ1n) is 5.18. The topological polar surface area (TPSA) is 110 Å². The first-order valence-corrected chi connectivity index (χ1v) is 7.04. The second-order valence-corrected chi connectivity index (χ2v) is 6.58. The van der Waals surface area contributed by atoms with Crippen molar-refractivity contribution in [2.45, 2.75) is 24.3 Å². The quantitative estimate of drug-likeness (QED) is 0.629. The highest BCUT2D eigenvalue weighted by Crippen LogP contribution is 2.26. The third kappa shape index (κ3) is 3.87. The number of rotatable bonds is 5. The third-order valence-electron chi connectivity index (χ3n) is 2.22. The first-order chi connectivity index (χ1) is 8.59. The monoisotopic (exact) mass is 308 g/mol. The zero-order valence-electron chi connectivity index (χ0n) is 10.3. The van der Waals surface area contributed by atoms with E-state index in [1.165, 1.54) is 13.8 Å². The number of benzene rings is 1. The fraction of sp³-hybridized carbons (Fsp3) is 0.400. The molecule has 0 aliphatic carbocycles. The molecule has 0 fully saturated rings. The van der Waals surface area contributed by atoms with E-state index >= 15 is 0 Å². The van der Waals surface area contributed by atoms with Crippen LogP contribution in [0.5, 0.6) is 0 Å². The molecule has 1 aromatic rings. The molecule has 0 atom stereocenters. The van der Waals surface area contributed by atoms with Crippen LogP contribution < -0.4 is 4.72 Å². The molecule has 0 aliphatic heterocycles. The van der Waals surface area contributed by atoms with E-state index in [0.717, 1.165) is 18.2 Å². The van der Waals surface area contributed by atoms with Crippen molar-refractivity contribution in [3.8, 4) is 0 Å². The van der Waals surface area contributed by atoms with Gasteiger partial charge in [0, 0.05) is 12.1 Å². The fourth-order valence-electron chi connectivity index (χ4n) is 1.26. The number of aliphatic hydroxyl groups is 1. The summed E-state index contributed by atoms with van der Waals surface area (Å²) in [6.07, 6.45) is 0. The lowest BCUT2D eigenvalue weighted by molar-refractivity contribution is -0.385. The van der Waals surface area contributed by atoms with Gasteiger partial charge in [-0.05, 0) is 19.9 Å². The predicted molar refractivity (Wildman–Crippen MR) is 69.6 cm³/mol. The van der Waals surface area contributed by atoms with Crippen molar-refractivity contribution in [1.29, 1.82) is 0 Å². The molecule has 7 nitrogen and oxygen atoms in total. The van der Waals surface area contributed by atoms with Crippen LogP contribution in [0.15, 0.2) is 23.1 Å². The summed E-state index contributed by atoms with van der Waals surface area (Å²) < 4.78 is 26.4. The highest BCUT2D eigenvalue weighted by atomic mass is 35.5. The van der Waals surface area contributed by atoms with E-state index in [0.29, 0.717) is 0 Å². The maximum Gasteiger partial charge on any atom is 0.270 e. The van der Waals surface area contributed by atoms with Gasteiger partial charge in [0.25, 0.3) is 5.69 Å². The summed E-state index contributed by atoms with van der Waals surface area (Å²) >= 11 is 5.75. The number of halogens is 1. The molecule has 1 aromatic carbocycles. The molecule has 0 aromatic heterocycles. The predicted octanol–water partition coefficient (Wildman–Crippen LogP) is 1.30. The van der Waals surface area contributed by atoms with Crippen molar-refractivity contribution < 1.29 is 18.4 Å². The average molecular weight is 309 g/mol. The Morgan fingerprint density at radius 2 is 2.05 bits per heavy atom. The second-order valence-electron chi connectivity index (χ2n) is 4.52. The number of sulfonamides is 1. The smallest absolute Gasteiger partial charge is 0.270 e. The van der Waals surface area contributed by atoms with Gasteiger partial charge in [0.2, 0.25) is 10.0 Å². The molecular formula is C10H13ClN2O5S. The van der Waals surface area contributed by atoms with E-state index in [4.69, 9.17) is 16.7 Å². The van der Waals surface area contributed by atoms with Gasteiger partial charge in [0.1, 0.15) is 4.90 Å². The zero-order chi connectivity index (χ0) is 14.8. The van der Waals surface area contributed by atoms with Gasteiger partial charge in [0.15, 0.2) is 0 Å². The minimum atomic E-state index is -4.06. The summed E-state index contributed by atoms with van der Waals surface area (Å²) in [6.45, 7) is 2.50. The van der Waals surface area contributed by atoms with E-state index in [-0.39, 0.29) is 10.7 Å². The zero-order valence-corrected chi connectivity index (χ0v) is 11.8. The van der Waals surface area contributed by atoms with Gasteiger partial charge in [0.05, 0.1) is 22.1 Å². The molecule has 0 amide bonds. The van der Waals surface area contributed by atoms with Gasteiger partial charge in [-0.2, -0.15) is 0 Å². The third-order valence-corrected chi connectivity index (χ3v) is 4.40. The largest absolute Gasteiger partial charge is 0.394 e. The first kappa shape index (κ1) is 15.8. The van der Waals surface area contributed by atoms with Crippen molar-refractivity contribution >= 4 is 27.3 Å². The van der Waals surface area contributed by atoms with Gasteiger partial charge in [-0.1, -0.05) is 11.6 Å². The standard InChI is InChI=1S/C10H13ClN2O5S/c1-10(2,6-14)12-19(17,18)9-5-7(13(15)16)3-4-8(9)11/h3-5,12,14H,6H2,1-2H3. The normalized spacial score (nSPS) is 12.4. The van der Waals surface area contributed by atoms with Crippen LogP contribution >= 0.6 is 11.6 Å². The Balaban J connectivity index is 3.28. The number of hydrogen-bond donors (Lipinski definition) is 2. The highest BCUT2D eigenvalue weighted by molar-refractivity contribution is 7.89. The number of nitro groups is 1. The van der Waals surface area contributed by atoms with Crippen LogP contribution in [0.25, 0.3) is 0 Å². The van der Waals surface area contributed by atoms with Gasteiger partial charge in [-0.15, -0.1) is 0 Å². The Kier molecular flexibility index (Phi) is 4.51. The van der Waals surface area contributed by atoms with Crippen LogP contribution in [0, 0.1) is 10.1 Å². The number of hydrogen-bond acceptors (Lipinski definition) is 5. The van der Waals surface area contributed by atoms with Crippen LogP contribution in [-0.2, 0) is 10.0 Å². The lowest BCUT2D eigenvalue weighted by atomic mass is 10.1. The number of nitrogens with one attached hydrogen (secondary N) is 1. The number of non-ortho nitro benzene ring substituents is 1. The van der Waals surface area contributed by atoms with Crippen LogP contribution in [0.1, 0.15) is 13.8 Å². The van der Waals surface area contributed by atoms with Crippen molar-refractivity contribution in [3.05, 3.63) is 33.3 Å². The molecule has 106 valence electrons. The molecule has 9 heteroatoms. The Labute approximate surface area is 115 Å². The van der Waals surface area contributed by atoms with Crippen molar-refractivity contribution in [1.82, 2.24) is 4.72 Å². The summed E-state index contributed by atoms with van der Waals surface area (Å²) in [7, 11) is -4.06. The molecule has 0 spiro atoms. The Hall–Kier alpha value is -1.22. The van der Waals surface area contributed by atoms with E-state index in [1.807, 2.05) is 0 Å². The van der Waals surface area contributed by atoms with Crippen LogP contribution in [0.3, 0.4) is 0 Å². The van der Waals surface area contributed by atoms with Crippen molar-refractivity contribution in [2.75, 3.05) is 6.61 Å². The SMILES string of the molecule is CC(C)(CO)NS(=O)(=O)c1cc([N+](=O)[O-])ccc1Cl. The maximum atomic E-state index is 12.1. The van der Waals surface area contributed by atoms with Crippen LogP contribution in [-0.4, -0.2) is 30.6 Å². The molecule has 0 heterocycles. The van der Waals surface area contributed by atoms with E-state index in [2.05, 4.69) is 4.72 Å². The van der Waals surface area contributed by atoms with Crippen LogP contribution in [0.2, 0.25) is 5.02 Å². The Morgan fingerprint density at radius 3 is 2.53 bits per heavy atom. The second kappa shape index (κ2) is 5.41. The van der Waals surface area contributed by atoms with Gasteiger partial charge in [-0.3, -0.25) is 10.1 Å². The minimum Gasteiger partial charge on any atom is -0.394 e. The summed E-state index contributed by atoms with van der Waals surface area (Å²) in [5, 5.41) is 19.6. The molecule has 0 saturated heterocycles. The number of nitro benzene ring substituents is 1. The molecule has 0 aliphatic rings. The van der Waals surface area contributed by atoms with Crippen LogP contribution in [0.4, 0.5) is 5.69 Å². The number of nitrogens with zero attached hydrogens (tertiary/aromatic N) is 1. The maximum absolute atomic E-state index is 12.1. The summed E-state index contributed by atoms with van der Waals surface area (Å²) in [4.78, 5) is 9.53. The summed E-state index contributed by atoms with van der Waals surface area (Å²) in [6, 6.07) is 3.12. The van der Waals surface area contributed by atoms with E-state index in [1.54, 1.807) is 0 Å². The van der Waals surface area contributed by atoms with E-state index in [9.17, 15) is 18.5 Å². The van der Waals surface area contributed by atoms with Crippen molar-refractivity contribution in [3.63, 3.8) is 0 Å². The Bertz CT molecular complexity index is 600. The molecular weight excluding hydrogens is 296 g/mol. The number of aliphatic hydroxyl groups excluding tert-OH is 1. The molecule has 0 unspecified atom stereocenters.